The second kappa shape index (κ2) is 5.31. The lowest BCUT2D eigenvalue weighted by atomic mass is 10.1. The fraction of sp³-hybridized carbons (Fsp3) is 1.00. The molecule has 2 atom stereocenters. The Morgan fingerprint density at radius 2 is 1.93 bits per heavy atom. The van der Waals surface area contributed by atoms with Crippen LogP contribution in [0.5, 0.6) is 0 Å². The molecule has 0 bridgehead atoms. The van der Waals surface area contributed by atoms with Gasteiger partial charge in [-0.3, -0.25) is 0 Å². The Hall–Kier alpha value is -0.0800. The molecule has 0 heterocycles. The number of rotatable bonds is 6. The maximum Gasteiger partial charge on any atom is 0.0580 e. The summed E-state index contributed by atoms with van der Waals surface area (Å²) in [6, 6.07) is 0. The molecule has 2 aliphatic carbocycles. The molecular weight excluding hydrogens is 186 g/mol. The van der Waals surface area contributed by atoms with Gasteiger partial charge in [0, 0.05) is 13.1 Å². The molecule has 2 heteroatoms. The van der Waals surface area contributed by atoms with Gasteiger partial charge in [-0.1, -0.05) is 13.3 Å². The minimum absolute atomic E-state index is 0.0106. The highest BCUT2D eigenvalue weighted by molar-refractivity contribution is 4.82. The Morgan fingerprint density at radius 3 is 2.47 bits per heavy atom. The summed E-state index contributed by atoms with van der Waals surface area (Å²) in [7, 11) is 0. The van der Waals surface area contributed by atoms with E-state index in [1.165, 1.54) is 45.2 Å². The summed E-state index contributed by atoms with van der Waals surface area (Å²) in [4.78, 5) is 2.59. The average molecular weight is 211 g/mol. The molecule has 0 aromatic heterocycles. The third-order valence-electron chi connectivity index (χ3n) is 3.86. The number of aliphatic hydroxyl groups is 1. The summed E-state index contributed by atoms with van der Waals surface area (Å²) in [6.07, 6.45) is 7.62. The van der Waals surface area contributed by atoms with Gasteiger partial charge in [0.05, 0.1) is 6.10 Å². The molecule has 15 heavy (non-hydrogen) atoms. The maximum atomic E-state index is 9.83. The summed E-state index contributed by atoms with van der Waals surface area (Å²) >= 11 is 0. The van der Waals surface area contributed by atoms with Crippen molar-refractivity contribution in [3.05, 3.63) is 0 Å². The second-order valence-electron chi connectivity index (χ2n) is 5.46. The van der Waals surface area contributed by atoms with Gasteiger partial charge in [-0.05, 0) is 50.5 Å². The summed E-state index contributed by atoms with van der Waals surface area (Å²) in [5, 5.41) is 9.83. The molecular formula is C13H25NO. The van der Waals surface area contributed by atoms with Crippen LogP contribution >= 0.6 is 0 Å². The maximum absolute atomic E-state index is 9.83. The molecule has 0 spiro atoms. The molecule has 88 valence electrons. The first-order valence-electron chi connectivity index (χ1n) is 6.70. The van der Waals surface area contributed by atoms with Crippen LogP contribution < -0.4 is 0 Å². The number of hydrogen-bond acceptors (Lipinski definition) is 2. The van der Waals surface area contributed by atoms with Gasteiger partial charge in [0.2, 0.25) is 0 Å². The van der Waals surface area contributed by atoms with Gasteiger partial charge in [-0.2, -0.15) is 0 Å². The van der Waals surface area contributed by atoms with Gasteiger partial charge < -0.3 is 10.0 Å². The fourth-order valence-corrected chi connectivity index (χ4v) is 2.80. The Labute approximate surface area is 93.7 Å². The molecule has 0 aliphatic heterocycles. The summed E-state index contributed by atoms with van der Waals surface area (Å²) in [5.74, 6) is 1.55. The average Bonchev–Trinajstić information content (AvgIpc) is 2.92. The van der Waals surface area contributed by atoms with Crippen molar-refractivity contribution < 1.29 is 5.11 Å². The number of hydrogen-bond donors (Lipinski definition) is 1. The van der Waals surface area contributed by atoms with E-state index >= 15 is 0 Å². The van der Waals surface area contributed by atoms with Crippen molar-refractivity contribution in [2.75, 3.05) is 19.6 Å². The Morgan fingerprint density at radius 1 is 1.13 bits per heavy atom. The Bertz CT molecular complexity index is 191. The van der Waals surface area contributed by atoms with E-state index in [1.54, 1.807) is 0 Å². The van der Waals surface area contributed by atoms with Gasteiger partial charge in [0.1, 0.15) is 0 Å². The van der Waals surface area contributed by atoms with E-state index < -0.39 is 0 Å². The molecule has 2 aliphatic rings. The Kier molecular flexibility index (Phi) is 4.04. The predicted molar refractivity (Wildman–Crippen MR) is 62.8 cm³/mol. The largest absolute Gasteiger partial charge is 0.393 e. The fourth-order valence-electron chi connectivity index (χ4n) is 2.80. The highest BCUT2D eigenvalue weighted by atomic mass is 16.3. The van der Waals surface area contributed by atoms with Crippen LogP contribution in [0.2, 0.25) is 0 Å². The van der Waals surface area contributed by atoms with E-state index in [-0.39, 0.29) is 6.10 Å². The van der Waals surface area contributed by atoms with Crippen LogP contribution in [0, 0.1) is 11.8 Å². The van der Waals surface area contributed by atoms with Crippen LogP contribution in [0.1, 0.15) is 45.4 Å². The molecule has 0 amide bonds. The highest BCUT2D eigenvalue weighted by Crippen LogP contribution is 2.31. The summed E-state index contributed by atoms with van der Waals surface area (Å²) < 4.78 is 0. The van der Waals surface area contributed by atoms with Crippen molar-refractivity contribution in [3.8, 4) is 0 Å². The standard InChI is InChI=1S/C13H25NO/c1-2-8-14(9-11-6-7-11)10-12-4-3-5-13(12)15/h11-13,15H,2-10H2,1H3. The molecule has 2 saturated carbocycles. The smallest absolute Gasteiger partial charge is 0.0580 e. The monoisotopic (exact) mass is 211 g/mol. The van der Waals surface area contributed by atoms with E-state index in [2.05, 4.69) is 11.8 Å². The van der Waals surface area contributed by atoms with Crippen LogP contribution in [0.25, 0.3) is 0 Å². The van der Waals surface area contributed by atoms with Crippen molar-refractivity contribution >= 4 is 0 Å². The van der Waals surface area contributed by atoms with Crippen LogP contribution in [0.3, 0.4) is 0 Å². The quantitative estimate of drug-likeness (QED) is 0.728. The van der Waals surface area contributed by atoms with Crippen LogP contribution in [-0.4, -0.2) is 35.7 Å². The zero-order valence-electron chi connectivity index (χ0n) is 9.99. The Balaban J connectivity index is 1.76. The van der Waals surface area contributed by atoms with E-state index in [0.717, 1.165) is 18.9 Å². The van der Waals surface area contributed by atoms with Crippen molar-refractivity contribution in [1.29, 1.82) is 0 Å². The topological polar surface area (TPSA) is 23.5 Å². The zero-order chi connectivity index (χ0) is 10.7. The molecule has 2 unspecified atom stereocenters. The third-order valence-corrected chi connectivity index (χ3v) is 3.86. The first-order chi connectivity index (χ1) is 7.29. The zero-order valence-corrected chi connectivity index (χ0v) is 9.99. The molecule has 1 N–H and O–H groups in total. The second-order valence-corrected chi connectivity index (χ2v) is 5.46. The lowest BCUT2D eigenvalue weighted by molar-refractivity contribution is 0.100. The minimum atomic E-state index is -0.0106. The number of nitrogens with zero attached hydrogens (tertiary/aromatic N) is 1. The van der Waals surface area contributed by atoms with Gasteiger partial charge in [0.15, 0.2) is 0 Å². The molecule has 0 saturated heterocycles. The lowest BCUT2D eigenvalue weighted by Gasteiger charge is -2.26. The SMILES string of the molecule is CCCN(CC1CC1)CC1CCCC1O. The summed E-state index contributed by atoms with van der Waals surface area (Å²) in [5.41, 5.74) is 0. The molecule has 0 aromatic carbocycles. The van der Waals surface area contributed by atoms with Crippen molar-refractivity contribution in [2.45, 2.75) is 51.6 Å². The normalized spacial score (nSPS) is 31.4. The van der Waals surface area contributed by atoms with E-state index in [0.29, 0.717) is 5.92 Å². The number of aliphatic hydroxyl groups excluding tert-OH is 1. The van der Waals surface area contributed by atoms with Crippen molar-refractivity contribution in [3.63, 3.8) is 0 Å². The predicted octanol–water partition coefficient (Wildman–Crippen LogP) is 2.27. The third kappa shape index (κ3) is 3.46. The van der Waals surface area contributed by atoms with Gasteiger partial charge in [0.25, 0.3) is 0 Å². The van der Waals surface area contributed by atoms with Gasteiger partial charge >= 0.3 is 0 Å². The first kappa shape index (κ1) is 11.4. The van der Waals surface area contributed by atoms with Crippen molar-refractivity contribution in [2.24, 2.45) is 11.8 Å². The minimum Gasteiger partial charge on any atom is -0.393 e. The van der Waals surface area contributed by atoms with Crippen LogP contribution in [0.15, 0.2) is 0 Å². The molecule has 2 fully saturated rings. The lowest BCUT2D eigenvalue weighted by Crippen LogP contribution is -2.34. The van der Waals surface area contributed by atoms with E-state index in [9.17, 15) is 5.11 Å². The molecule has 0 aromatic rings. The molecule has 2 rings (SSSR count). The van der Waals surface area contributed by atoms with Gasteiger partial charge in [-0.15, -0.1) is 0 Å². The highest BCUT2D eigenvalue weighted by Gasteiger charge is 2.29. The van der Waals surface area contributed by atoms with Crippen molar-refractivity contribution in [1.82, 2.24) is 4.90 Å². The van der Waals surface area contributed by atoms with E-state index in [4.69, 9.17) is 0 Å². The molecule has 0 radical (unpaired) electrons. The van der Waals surface area contributed by atoms with Crippen LogP contribution in [-0.2, 0) is 0 Å². The summed E-state index contributed by atoms with van der Waals surface area (Å²) in [6.45, 7) is 5.91. The molecule has 2 nitrogen and oxygen atoms in total. The van der Waals surface area contributed by atoms with Gasteiger partial charge in [-0.25, -0.2) is 0 Å². The van der Waals surface area contributed by atoms with Crippen LogP contribution in [0.4, 0.5) is 0 Å². The first-order valence-corrected chi connectivity index (χ1v) is 6.70. The van der Waals surface area contributed by atoms with E-state index in [1.807, 2.05) is 0 Å².